The second-order valence-corrected chi connectivity index (χ2v) is 5.52. The van der Waals surface area contributed by atoms with Crippen molar-refractivity contribution < 1.29 is 0 Å². The Kier molecular flexibility index (Phi) is 3.74. The summed E-state index contributed by atoms with van der Waals surface area (Å²) in [6.45, 7) is 9.02. The predicted molar refractivity (Wildman–Crippen MR) is 79.9 cm³/mol. The molecule has 2 nitrogen and oxygen atoms in total. The van der Waals surface area contributed by atoms with Crippen LogP contribution in [0.4, 0.5) is 11.4 Å². The van der Waals surface area contributed by atoms with Crippen molar-refractivity contribution in [2.45, 2.75) is 52.5 Å². The highest BCUT2D eigenvalue weighted by atomic mass is 15.0. The number of hydrogen-bond donors (Lipinski definition) is 1. The second kappa shape index (κ2) is 5.13. The Morgan fingerprint density at radius 2 is 2.00 bits per heavy atom. The molecule has 2 unspecified atom stereocenters. The molecule has 98 valence electrons. The number of fused-ring (bicyclic) bond motifs is 1. The Balaban J connectivity index is 2.48. The fourth-order valence-corrected chi connectivity index (χ4v) is 3.30. The summed E-state index contributed by atoms with van der Waals surface area (Å²) in [4.78, 5) is 4.82. The quantitative estimate of drug-likeness (QED) is 0.812. The van der Waals surface area contributed by atoms with Crippen molar-refractivity contribution in [3.8, 4) is 0 Å². The lowest BCUT2D eigenvalue weighted by Gasteiger charge is -2.37. The largest absolute Gasteiger partial charge is 0.377 e. The second-order valence-electron chi connectivity index (χ2n) is 5.52. The number of benzene rings is 1. The Morgan fingerprint density at radius 3 is 2.67 bits per heavy atom. The molecule has 1 aromatic rings. The molecule has 0 spiro atoms. The summed E-state index contributed by atoms with van der Waals surface area (Å²) in [5, 5.41) is 3.75. The van der Waals surface area contributed by atoms with Crippen LogP contribution in [0.5, 0.6) is 0 Å². The summed E-state index contributed by atoms with van der Waals surface area (Å²) in [5.74, 6) is 0.504. The molecule has 0 amide bonds. The summed E-state index contributed by atoms with van der Waals surface area (Å²) in [5.41, 5.74) is 3.62. The smallest absolute Gasteiger partial charge is 0.0860 e. The summed E-state index contributed by atoms with van der Waals surface area (Å²) in [6, 6.07) is 8.37. The topological polar surface area (TPSA) is 24.4 Å². The summed E-state index contributed by atoms with van der Waals surface area (Å²) < 4.78 is 0. The average molecular weight is 244 g/mol. The van der Waals surface area contributed by atoms with Crippen LogP contribution in [0.1, 0.15) is 47.0 Å². The van der Waals surface area contributed by atoms with Crippen LogP contribution in [-0.2, 0) is 0 Å². The summed E-state index contributed by atoms with van der Waals surface area (Å²) in [7, 11) is 0. The number of rotatable bonds is 3. The van der Waals surface area contributed by atoms with E-state index >= 15 is 0 Å². The molecule has 1 aliphatic rings. The van der Waals surface area contributed by atoms with E-state index in [0.717, 1.165) is 12.1 Å². The third-order valence-electron chi connectivity index (χ3n) is 4.07. The summed E-state index contributed by atoms with van der Waals surface area (Å²) >= 11 is 0. The first-order chi connectivity index (χ1) is 8.60. The minimum Gasteiger partial charge on any atom is -0.377 e. The number of nitrogens with zero attached hydrogens (tertiary/aromatic N) is 1. The van der Waals surface area contributed by atoms with E-state index in [0.29, 0.717) is 5.92 Å². The van der Waals surface area contributed by atoms with Gasteiger partial charge in [-0.25, -0.2) is 0 Å². The molecule has 0 saturated heterocycles. The summed E-state index contributed by atoms with van der Waals surface area (Å²) in [6.07, 6.45) is 3.50. The van der Waals surface area contributed by atoms with E-state index in [-0.39, 0.29) is 5.54 Å². The molecule has 2 rings (SSSR count). The lowest BCUT2D eigenvalue weighted by molar-refractivity contribution is 0.366. The first-order valence-corrected chi connectivity index (χ1v) is 7.03. The van der Waals surface area contributed by atoms with Gasteiger partial charge in [0.25, 0.3) is 0 Å². The standard InChI is InChI=1S/C16H24N2/c1-5-11-16(4)13(6-2)12(3)17-14-9-7-8-10-15(14)18-16/h7-10,13,18H,5-6,11H2,1-4H3. The Bertz CT molecular complexity index is 450. The van der Waals surface area contributed by atoms with Gasteiger partial charge in [0.15, 0.2) is 0 Å². The minimum atomic E-state index is 0.115. The fraction of sp³-hybridized carbons (Fsp3) is 0.562. The number of para-hydroxylation sites is 2. The molecular formula is C16H24N2. The van der Waals surface area contributed by atoms with Crippen LogP contribution >= 0.6 is 0 Å². The van der Waals surface area contributed by atoms with Crippen molar-refractivity contribution in [1.29, 1.82) is 0 Å². The normalized spacial score (nSPS) is 26.9. The third kappa shape index (κ3) is 2.29. The van der Waals surface area contributed by atoms with E-state index in [1.165, 1.54) is 24.2 Å². The van der Waals surface area contributed by atoms with Crippen molar-refractivity contribution in [3.05, 3.63) is 24.3 Å². The van der Waals surface area contributed by atoms with Gasteiger partial charge in [-0.15, -0.1) is 0 Å². The Hall–Kier alpha value is -1.31. The highest BCUT2D eigenvalue weighted by Crippen LogP contribution is 2.38. The van der Waals surface area contributed by atoms with E-state index in [1.807, 2.05) is 0 Å². The van der Waals surface area contributed by atoms with Gasteiger partial charge in [-0.1, -0.05) is 32.4 Å². The molecular weight excluding hydrogens is 220 g/mol. The van der Waals surface area contributed by atoms with Gasteiger partial charge < -0.3 is 5.32 Å². The molecule has 0 saturated carbocycles. The maximum Gasteiger partial charge on any atom is 0.0860 e. The van der Waals surface area contributed by atoms with E-state index < -0.39 is 0 Å². The zero-order chi connectivity index (χ0) is 13.2. The minimum absolute atomic E-state index is 0.115. The first-order valence-electron chi connectivity index (χ1n) is 7.03. The molecule has 0 aliphatic carbocycles. The molecule has 2 atom stereocenters. The van der Waals surface area contributed by atoms with Gasteiger partial charge in [0, 0.05) is 17.2 Å². The highest BCUT2D eigenvalue weighted by molar-refractivity contribution is 5.91. The van der Waals surface area contributed by atoms with Gasteiger partial charge in [0.05, 0.1) is 11.4 Å². The average Bonchev–Trinajstić information content (AvgIpc) is 2.42. The van der Waals surface area contributed by atoms with Crippen LogP contribution in [0.2, 0.25) is 0 Å². The molecule has 18 heavy (non-hydrogen) atoms. The van der Waals surface area contributed by atoms with Crippen LogP contribution in [0.15, 0.2) is 29.3 Å². The van der Waals surface area contributed by atoms with E-state index in [9.17, 15) is 0 Å². The lowest BCUT2D eigenvalue weighted by atomic mass is 9.77. The number of nitrogens with one attached hydrogen (secondary N) is 1. The van der Waals surface area contributed by atoms with E-state index in [2.05, 4.69) is 57.3 Å². The number of aliphatic imine (C=N–C) groups is 1. The number of anilines is 1. The molecule has 2 heteroatoms. The van der Waals surface area contributed by atoms with Crippen molar-refractivity contribution in [3.63, 3.8) is 0 Å². The Morgan fingerprint density at radius 1 is 1.28 bits per heavy atom. The molecule has 1 N–H and O–H groups in total. The van der Waals surface area contributed by atoms with Crippen molar-refractivity contribution in [2.75, 3.05) is 5.32 Å². The number of hydrogen-bond acceptors (Lipinski definition) is 2. The van der Waals surface area contributed by atoms with Gasteiger partial charge >= 0.3 is 0 Å². The van der Waals surface area contributed by atoms with Crippen LogP contribution in [0.25, 0.3) is 0 Å². The van der Waals surface area contributed by atoms with Gasteiger partial charge in [-0.3, -0.25) is 4.99 Å². The molecule has 0 bridgehead atoms. The first kappa shape index (κ1) is 13.1. The lowest BCUT2D eigenvalue weighted by Crippen LogP contribution is -2.44. The van der Waals surface area contributed by atoms with Crippen molar-refractivity contribution in [2.24, 2.45) is 10.9 Å². The monoisotopic (exact) mass is 244 g/mol. The maximum atomic E-state index is 4.82. The van der Waals surface area contributed by atoms with Crippen LogP contribution < -0.4 is 5.32 Å². The van der Waals surface area contributed by atoms with Crippen LogP contribution in [-0.4, -0.2) is 11.3 Å². The molecule has 0 fully saturated rings. The van der Waals surface area contributed by atoms with Crippen molar-refractivity contribution >= 4 is 17.1 Å². The highest BCUT2D eigenvalue weighted by Gasteiger charge is 2.36. The van der Waals surface area contributed by atoms with Gasteiger partial charge in [0.2, 0.25) is 0 Å². The molecule has 0 radical (unpaired) electrons. The predicted octanol–water partition coefficient (Wildman–Crippen LogP) is 4.79. The third-order valence-corrected chi connectivity index (χ3v) is 4.07. The van der Waals surface area contributed by atoms with E-state index in [1.54, 1.807) is 0 Å². The van der Waals surface area contributed by atoms with Gasteiger partial charge in [-0.2, -0.15) is 0 Å². The van der Waals surface area contributed by atoms with Gasteiger partial charge in [0.1, 0.15) is 0 Å². The zero-order valence-electron chi connectivity index (χ0n) is 12.0. The zero-order valence-corrected chi connectivity index (χ0v) is 12.0. The molecule has 1 heterocycles. The van der Waals surface area contributed by atoms with Crippen LogP contribution in [0, 0.1) is 5.92 Å². The molecule has 0 aromatic heterocycles. The van der Waals surface area contributed by atoms with E-state index in [4.69, 9.17) is 4.99 Å². The molecule has 1 aliphatic heterocycles. The Labute approximate surface area is 111 Å². The van der Waals surface area contributed by atoms with Gasteiger partial charge in [-0.05, 0) is 38.8 Å². The maximum absolute atomic E-state index is 4.82. The SMILES string of the molecule is CCCC1(C)Nc2ccccc2N=C(C)C1CC. The van der Waals surface area contributed by atoms with Crippen molar-refractivity contribution in [1.82, 2.24) is 0 Å². The van der Waals surface area contributed by atoms with Crippen LogP contribution in [0.3, 0.4) is 0 Å². The fourth-order valence-electron chi connectivity index (χ4n) is 3.30. The molecule has 1 aromatic carbocycles.